The number of fused-ring (bicyclic) bond motifs is 1. The van der Waals surface area contributed by atoms with E-state index in [-0.39, 0.29) is 12.5 Å². The molecule has 2 aromatic carbocycles. The highest BCUT2D eigenvalue weighted by Gasteiger charge is 2.25. The molecule has 0 spiro atoms. The molecule has 0 saturated heterocycles. The number of carbonyl (C=O) groups excluding carboxylic acids is 1. The maximum Gasteiger partial charge on any atom is 0.265 e. The second-order valence-electron chi connectivity index (χ2n) is 4.73. The van der Waals surface area contributed by atoms with Crippen molar-refractivity contribution in [3.63, 3.8) is 0 Å². The van der Waals surface area contributed by atoms with Gasteiger partial charge in [-0.15, -0.1) is 0 Å². The van der Waals surface area contributed by atoms with E-state index in [9.17, 15) is 4.79 Å². The molecule has 1 aliphatic rings. The van der Waals surface area contributed by atoms with Crippen LogP contribution in [0.1, 0.15) is 11.1 Å². The van der Waals surface area contributed by atoms with Crippen molar-refractivity contribution in [3.8, 4) is 5.75 Å². The van der Waals surface area contributed by atoms with Crippen LogP contribution in [0.3, 0.4) is 0 Å². The maximum absolute atomic E-state index is 12.1. The number of nitrogens with zero attached hydrogens (tertiary/aromatic N) is 1. The normalized spacial score (nSPS) is 13.9. The summed E-state index contributed by atoms with van der Waals surface area (Å²) in [5.74, 6) is 0.781. The lowest BCUT2D eigenvalue weighted by Crippen LogP contribution is -2.38. The predicted octanol–water partition coefficient (Wildman–Crippen LogP) is 2.92. The largest absolute Gasteiger partial charge is 0.482 e. The van der Waals surface area contributed by atoms with Crippen LogP contribution in [0, 0.1) is 6.92 Å². The van der Waals surface area contributed by atoms with Crippen molar-refractivity contribution in [1.82, 2.24) is 0 Å². The van der Waals surface area contributed by atoms with Gasteiger partial charge in [-0.3, -0.25) is 4.79 Å². The van der Waals surface area contributed by atoms with Crippen molar-refractivity contribution in [1.29, 1.82) is 0 Å². The SMILES string of the molecule is Cc1ccc2c(c1)N(Cc1ccccc1)C(=O)CO2. The van der Waals surface area contributed by atoms with Crippen LogP contribution in [-0.2, 0) is 11.3 Å². The highest BCUT2D eigenvalue weighted by atomic mass is 16.5. The van der Waals surface area contributed by atoms with Gasteiger partial charge in [-0.05, 0) is 30.2 Å². The molecule has 0 aromatic heterocycles. The number of amides is 1. The molecule has 2 aromatic rings. The number of aryl methyl sites for hydroxylation is 1. The van der Waals surface area contributed by atoms with Crippen molar-refractivity contribution in [2.45, 2.75) is 13.5 Å². The van der Waals surface area contributed by atoms with E-state index in [1.165, 1.54) is 0 Å². The van der Waals surface area contributed by atoms with Gasteiger partial charge in [-0.1, -0.05) is 36.4 Å². The lowest BCUT2D eigenvalue weighted by molar-refractivity contribution is -0.121. The summed E-state index contributed by atoms with van der Waals surface area (Å²) in [6.45, 7) is 2.71. The fourth-order valence-electron chi connectivity index (χ4n) is 2.25. The molecule has 3 heteroatoms. The average molecular weight is 253 g/mol. The van der Waals surface area contributed by atoms with E-state index in [4.69, 9.17) is 4.74 Å². The number of rotatable bonds is 2. The van der Waals surface area contributed by atoms with Crippen LogP contribution in [0.4, 0.5) is 5.69 Å². The average Bonchev–Trinajstić information content (AvgIpc) is 2.43. The lowest BCUT2D eigenvalue weighted by Gasteiger charge is -2.29. The smallest absolute Gasteiger partial charge is 0.265 e. The molecule has 0 bridgehead atoms. The van der Waals surface area contributed by atoms with Gasteiger partial charge in [-0.25, -0.2) is 0 Å². The molecule has 0 radical (unpaired) electrons. The van der Waals surface area contributed by atoms with Crippen LogP contribution in [-0.4, -0.2) is 12.5 Å². The summed E-state index contributed by atoms with van der Waals surface area (Å²) in [7, 11) is 0. The molecule has 3 rings (SSSR count). The predicted molar refractivity (Wildman–Crippen MR) is 74.3 cm³/mol. The third-order valence-electron chi connectivity index (χ3n) is 3.24. The first-order chi connectivity index (χ1) is 9.24. The van der Waals surface area contributed by atoms with Gasteiger partial charge in [0, 0.05) is 0 Å². The van der Waals surface area contributed by atoms with Crippen LogP contribution in [0.5, 0.6) is 5.75 Å². The third kappa shape index (κ3) is 2.32. The minimum absolute atomic E-state index is 0.00181. The van der Waals surface area contributed by atoms with Crippen molar-refractivity contribution < 1.29 is 9.53 Å². The number of anilines is 1. The second kappa shape index (κ2) is 4.76. The molecule has 0 atom stereocenters. The van der Waals surface area contributed by atoms with Gasteiger partial charge in [0.2, 0.25) is 0 Å². The molecule has 3 nitrogen and oxygen atoms in total. The molecule has 1 heterocycles. The van der Waals surface area contributed by atoms with Gasteiger partial charge >= 0.3 is 0 Å². The molecule has 96 valence electrons. The Morgan fingerprint density at radius 2 is 1.95 bits per heavy atom. The Bertz CT molecular complexity index is 607. The molecular weight excluding hydrogens is 238 g/mol. The molecule has 19 heavy (non-hydrogen) atoms. The quantitative estimate of drug-likeness (QED) is 0.823. The number of benzene rings is 2. The number of carbonyl (C=O) groups is 1. The summed E-state index contributed by atoms with van der Waals surface area (Å²) >= 11 is 0. The second-order valence-corrected chi connectivity index (χ2v) is 4.73. The third-order valence-corrected chi connectivity index (χ3v) is 3.24. The van der Waals surface area contributed by atoms with Gasteiger partial charge in [0.05, 0.1) is 12.2 Å². The molecule has 0 unspecified atom stereocenters. The highest BCUT2D eigenvalue weighted by molar-refractivity contribution is 5.97. The zero-order valence-electron chi connectivity index (χ0n) is 10.8. The molecule has 0 saturated carbocycles. The maximum atomic E-state index is 12.1. The van der Waals surface area contributed by atoms with Crippen molar-refractivity contribution in [2.24, 2.45) is 0 Å². The lowest BCUT2D eigenvalue weighted by atomic mass is 10.1. The van der Waals surface area contributed by atoms with E-state index in [1.807, 2.05) is 55.5 Å². The number of hydrogen-bond acceptors (Lipinski definition) is 2. The van der Waals surface area contributed by atoms with E-state index in [2.05, 4.69) is 0 Å². The molecule has 1 amide bonds. The fourth-order valence-corrected chi connectivity index (χ4v) is 2.25. The van der Waals surface area contributed by atoms with Gasteiger partial charge in [0.25, 0.3) is 5.91 Å². The van der Waals surface area contributed by atoms with E-state index >= 15 is 0 Å². The first-order valence-electron chi connectivity index (χ1n) is 6.32. The number of ether oxygens (including phenoxy) is 1. The minimum Gasteiger partial charge on any atom is -0.482 e. The van der Waals surface area contributed by atoms with Crippen LogP contribution in [0.25, 0.3) is 0 Å². The fraction of sp³-hybridized carbons (Fsp3) is 0.188. The number of hydrogen-bond donors (Lipinski definition) is 0. The highest BCUT2D eigenvalue weighted by Crippen LogP contribution is 2.33. The Morgan fingerprint density at radius 1 is 1.16 bits per heavy atom. The summed E-state index contributed by atoms with van der Waals surface area (Å²) in [5.41, 5.74) is 3.10. The van der Waals surface area contributed by atoms with Gasteiger partial charge < -0.3 is 9.64 Å². The van der Waals surface area contributed by atoms with Crippen molar-refractivity contribution in [3.05, 3.63) is 59.7 Å². The van der Waals surface area contributed by atoms with Crippen LogP contribution in [0.15, 0.2) is 48.5 Å². The first-order valence-corrected chi connectivity index (χ1v) is 6.32. The molecule has 0 N–H and O–H groups in total. The zero-order valence-corrected chi connectivity index (χ0v) is 10.8. The standard InChI is InChI=1S/C16H15NO2/c1-12-7-8-15-14(9-12)17(16(18)11-19-15)10-13-5-3-2-4-6-13/h2-9H,10-11H2,1H3. The van der Waals surface area contributed by atoms with Gasteiger partial charge in [0.15, 0.2) is 6.61 Å². The summed E-state index contributed by atoms with van der Waals surface area (Å²) in [5, 5.41) is 0. The topological polar surface area (TPSA) is 29.5 Å². The zero-order chi connectivity index (χ0) is 13.2. The Labute approximate surface area is 112 Å². The molecule has 0 aliphatic carbocycles. The van der Waals surface area contributed by atoms with E-state index in [0.29, 0.717) is 6.54 Å². The van der Waals surface area contributed by atoms with Crippen LogP contribution >= 0.6 is 0 Å². The van der Waals surface area contributed by atoms with Crippen LogP contribution in [0.2, 0.25) is 0 Å². The van der Waals surface area contributed by atoms with E-state index in [1.54, 1.807) is 4.90 Å². The summed E-state index contributed by atoms with van der Waals surface area (Å²) in [4.78, 5) is 13.9. The van der Waals surface area contributed by atoms with E-state index < -0.39 is 0 Å². The first kappa shape index (κ1) is 11.8. The Hall–Kier alpha value is -2.29. The molecular formula is C16H15NO2. The molecule has 0 fully saturated rings. The van der Waals surface area contributed by atoms with Crippen LogP contribution < -0.4 is 9.64 Å². The summed E-state index contributed by atoms with van der Waals surface area (Å²) < 4.78 is 5.47. The Morgan fingerprint density at radius 3 is 2.74 bits per heavy atom. The van der Waals surface area contributed by atoms with Gasteiger partial charge in [-0.2, -0.15) is 0 Å². The van der Waals surface area contributed by atoms with Crippen molar-refractivity contribution in [2.75, 3.05) is 11.5 Å². The van der Waals surface area contributed by atoms with Gasteiger partial charge in [0.1, 0.15) is 5.75 Å². The minimum atomic E-state index is 0.00181. The summed E-state index contributed by atoms with van der Waals surface area (Å²) in [6.07, 6.45) is 0. The van der Waals surface area contributed by atoms with E-state index in [0.717, 1.165) is 22.6 Å². The summed E-state index contributed by atoms with van der Waals surface area (Å²) in [6, 6.07) is 15.9. The Kier molecular flexibility index (Phi) is 2.95. The van der Waals surface area contributed by atoms with Crippen molar-refractivity contribution >= 4 is 11.6 Å². The molecule has 1 aliphatic heterocycles. The Balaban J connectivity index is 1.97. The monoisotopic (exact) mass is 253 g/mol.